The molecule has 160 valence electrons. The number of aromatic nitrogens is 4. The number of nitrogens with zero attached hydrogens (tertiary/aromatic N) is 5. The molecule has 0 saturated carbocycles. The van der Waals surface area contributed by atoms with Crippen LogP contribution in [0.1, 0.15) is 11.3 Å². The van der Waals surface area contributed by atoms with Gasteiger partial charge in [-0.1, -0.05) is 6.08 Å². The number of hydrogen-bond acceptors (Lipinski definition) is 5. The normalized spacial score (nSPS) is 17.0. The maximum atomic E-state index is 10.6. The van der Waals surface area contributed by atoms with Gasteiger partial charge >= 0.3 is 12.1 Å². The van der Waals surface area contributed by atoms with Gasteiger partial charge in [0.15, 0.2) is 0 Å². The lowest BCUT2D eigenvalue weighted by atomic mass is 10.1. The monoisotopic (exact) mass is 415 g/mol. The van der Waals surface area contributed by atoms with Gasteiger partial charge in [0.1, 0.15) is 0 Å². The Labute approximate surface area is 166 Å². The number of alkyl halides is 3. The molecule has 0 amide bonds. The van der Waals surface area contributed by atoms with Crippen molar-refractivity contribution in [3.63, 3.8) is 0 Å². The number of carboxylic acids is 1. The van der Waals surface area contributed by atoms with E-state index in [2.05, 4.69) is 38.6 Å². The minimum absolute atomic E-state index is 0.428. The van der Waals surface area contributed by atoms with Gasteiger partial charge in [-0.3, -0.25) is 14.3 Å². The molecule has 1 aliphatic heterocycles. The molecule has 11 heteroatoms. The fourth-order valence-electron chi connectivity index (χ4n) is 2.98. The van der Waals surface area contributed by atoms with Gasteiger partial charge in [0.25, 0.3) is 0 Å². The van der Waals surface area contributed by atoms with Crippen molar-refractivity contribution in [2.24, 2.45) is 13.0 Å². The number of aliphatic carboxylic acids is 1. The van der Waals surface area contributed by atoms with Crippen LogP contribution in [0.15, 0.2) is 37.3 Å². The molecule has 1 N–H and O–H groups in total. The predicted octanol–water partition coefficient (Wildman–Crippen LogP) is 2.08. The molecule has 1 atom stereocenters. The number of aryl methyl sites for hydroxylation is 1. The minimum Gasteiger partial charge on any atom is -0.475 e. The average molecular weight is 415 g/mol. The largest absolute Gasteiger partial charge is 0.490 e. The lowest BCUT2D eigenvalue weighted by Gasteiger charge is -2.23. The lowest BCUT2D eigenvalue weighted by molar-refractivity contribution is -0.192. The molecule has 0 fully saturated rings. The van der Waals surface area contributed by atoms with Crippen molar-refractivity contribution in [1.29, 1.82) is 0 Å². The zero-order chi connectivity index (χ0) is 21.4. The first-order chi connectivity index (χ1) is 13.7. The van der Waals surface area contributed by atoms with Crippen molar-refractivity contribution in [2.75, 3.05) is 19.8 Å². The number of carbonyl (C=O) groups is 1. The second kappa shape index (κ2) is 10.2. The summed E-state index contributed by atoms with van der Waals surface area (Å²) in [6, 6.07) is 2.10. The van der Waals surface area contributed by atoms with Crippen LogP contribution >= 0.6 is 0 Å². The number of ether oxygens (including phenoxy) is 1. The van der Waals surface area contributed by atoms with Crippen LogP contribution in [0.4, 0.5) is 13.2 Å². The topological polar surface area (TPSA) is 85.4 Å². The zero-order valence-electron chi connectivity index (χ0n) is 16.0. The van der Waals surface area contributed by atoms with E-state index in [1.807, 2.05) is 24.1 Å². The fourth-order valence-corrected chi connectivity index (χ4v) is 2.98. The van der Waals surface area contributed by atoms with Gasteiger partial charge in [-0.2, -0.15) is 23.4 Å². The van der Waals surface area contributed by atoms with E-state index in [9.17, 15) is 13.2 Å². The van der Waals surface area contributed by atoms with Crippen molar-refractivity contribution in [1.82, 2.24) is 24.5 Å². The summed E-state index contributed by atoms with van der Waals surface area (Å²) in [5, 5.41) is 15.8. The number of fused-ring (bicyclic) bond motifs is 1. The van der Waals surface area contributed by atoms with Crippen LogP contribution in [0.25, 0.3) is 0 Å². The molecule has 2 aromatic rings. The summed E-state index contributed by atoms with van der Waals surface area (Å²) >= 11 is 0. The highest BCUT2D eigenvalue weighted by Gasteiger charge is 2.38. The van der Waals surface area contributed by atoms with Gasteiger partial charge in [-0.15, -0.1) is 6.58 Å². The van der Waals surface area contributed by atoms with E-state index in [0.717, 1.165) is 32.8 Å². The first-order valence-corrected chi connectivity index (χ1v) is 8.88. The Morgan fingerprint density at radius 3 is 2.72 bits per heavy atom. The Hall–Kier alpha value is -2.66. The van der Waals surface area contributed by atoms with Gasteiger partial charge < -0.3 is 9.84 Å². The highest BCUT2D eigenvalue weighted by atomic mass is 19.4. The Morgan fingerprint density at radius 2 is 2.14 bits per heavy atom. The molecule has 0 saturated heterocycles. The molecular formula is C18H24F3N5O3. The fraction of sp³-hybridized carbons (Fsp3) is 0.500. The SMILES string of the molecule is C=CCOCC1CN(Cc2cnn(C)c2)Cc2ccnn2C1.O=C(O)C(F)(F)F. The standard InChI is InChI=1S/C16H23N5O.C2HF3O2/c1-3-6-22-13-15-10-20(9-14-7-18-19(2)8-14)12-16-4-5-17-21(16)11-15;3-2(4,5)1(6)7/h3-5,7-8,15H,1,6,9-13H2,2H3;(H,6,7). The highest BCUT2D eigenvalue weighted by molar-refractivity contribution is 5.73. The van der Waals surface area contributed by atoms with Gasteiger partial charge in [-0.05, 0) is 6.07 Å². The highest BCUT2D eigenvalue weighted by Crippen LogP contribution is 2.18. The van der Waals surface area contributed by atoms with Crippen LogP contribution in [0, 0.1) is 5.92 Å². The van der Waals surface area contributed by atoms with E-state index in [4.69, 9.17) is 14.6 Å². The zero-order valence-corrected chi connectivity index (χ0v) is 16.0. The molecule has 0 aromatic carbocycles. The average Bonchev–Trinajstić information content (AvgIpc) is 3.20. The van der Waals surface area contributed by atoms with Gasteiger partial charge in [0, 0.05) is 57.1 Å². The van der Waals surface area contributed by atoms with Gasteiger partial charge in [0.2, 0.25) is 0 Å². The van der Waals surface area contributed by atoms with E-state index in [-0.39, 0.29) is 0 Å². The molecule has 1 unspecified atom stereocenters. The van der Waals surface area contributed by atoms with Crippen LogP contribution in [0.5, 0.6) is 0 Å². The first-order valence-electron chi connectivity index (χ1n) is 8.88. The van der Waals surface area contributed by atoms with Crippen LogP contribution in [-0.2, 0) is 36.2 Å². The smallest absolute Gasteiger partial charge is 0.475 e. The van der Waals surface area contributed by atoms with E-state index >= 15 is 0 Å². The third kappa shape index (κ3) is 7.35. The van der Waals surface area contributed by atoms with E-state index in [0.29, 0.717) is 12.5 Å². The summed E-state index contributed by atoms with van der Waals surface area (Å²) in [7, 11) is 1.95. The molecule has 1 aliphatic rings. The molecule has 0 radical (unpaired) electrons. The van der Waals surface area contributed by atoms with E-state index in [1.165, 1.54) is 11.3 Å². The molecule has 8 nitrogen and oxygen atoms in total. The molecular weight excluding hydrogens is 391 g/mol. The molecule has 2 aromatic heterocycles. The summed E-state index contributed by atoms with van der Waals surface area (Å²) in [6.45, 7) is 8.74. The molecule has 29 heavy (non-hydrogen) atoms. The third-order valence-corrected chi connectivity index (χ3v) is 4.13. The van der Waals surface area contributed by atoms with E-state index < -0.39 is 12.1 Å². The summed E-state index contributed by atoms with van der Waals surface area (Å²) < 4.78 is 41.4. The maximum absolute atomic E-state index is 10.6. The van der Waals surface area contributed by atoms with Crippen LogP contribution in [0.3, 0.4) is 0 Å². The van der Waals surface area contributed by atoms with Gasteiger partial charge in [-0.25, -0.2) is 4.79 Å². The number of hydrogen-bond donors (Lipinski definition) is 1. The summed E-state index contributed by atoms with van der Waals surface area (Å²) in [4.78, 5) is 11.3. The van der Waals surface area contributed by atoms with E-state index in [1.54, 1.807) is 6.08 Å². The van der Waals surface area contributed by atoms with Crippen molar-refractivity contribution in [2.45, 2.75) is 25.8 Å². The summed E-state index contributed by atoms with van der Waals surface area (Å²) in [5.41, 5.74) is 2.50. The molecule has 0 aliphatic carbocycles. The van der Waals surface area contributed by atoms with Crippen LogP contribution in [-0.4, -0.2) is 61.5 Å². The Morgan fingerprint density at radius 1 is 1.41 bits per heavy atom. The Kier molecular flexibility index (Phi) is 7.97. The van der Waals surface area contributed by atoms with Crippen molar-refractivity contribution in [3.8, 4) is 0 Å². The Balaban J connectivity index is 0.000000370. The Bertz CT molecular complexity index is 803. The number of halogens is 3. The third-order valence-electron chi connectivity index (χ3n) is 4.13. The quantitative estimate of drug-likeness (QED) is 0.575. The van der Waals surface area contributed by atoms with Crippen LogP contribution in [0.2, 0.25) is 0 Å². The summed E-state index contributed by atoms with van der Waals surface area (Å²) in [6.07, 6.45) is 2.60. The van der Waals surface area contributed by atoms with Crippen molar-refractivity contribution >= 4 is 5.97 Å². The summed E-state index contributed by atoms with van der Waals surface area (Å²) in [5.74, 6) is -2.33. The van der Waals surface area contributed by atoms with Crippen LogP contribution < -0.4 is 0 Å². The molecule has 3 heterocycles. The molecule has 0 spiro atoms. The van der Waals surface area contributed by atoms with Crippen molar-refractivity contribution < 1.29 is 27.8 Å². The second-order valence-electron chi connectivity index (χ2n) is 6.69. The minimum atomic E-state index is -5.08. The number of carboxylic acid groups (broad SMARTS) is 1. The maximum Gasteiger partial charge on any atom is 0.490 e. The first kappa shape index (κ1) is 22.6. The molecule has 0 bridgehead atoms. The van der Waals surface area contributed by atoms with Crippen molar-refractivity contribution in [3.05, 3.63) is 48.6 Å². The predicted molar refractivity (Wildman–Crippen MR) is 97.7 cm³/mol. The number of rotatable bonds is 6. The second-order valence-corrected chi connectivity index (χ2v) is 6.69. The van der Waals surface area contributed by atoms with Gasteiger partial charge in [0.05, 0.1) is 25.1 Å². The lowest BCUT2D eigenvalue weighted by Crippen LogP contribution is -2.30. The molecule has 3 rings (SSSR count).